The van der Waals surface area contributed by atoms with Crippen LogP contribution in [0.25, 0.3) is 0 Å². The van der Waals surface area contributed by atoms with E-state index < -0.39 is 0 Å². The molecule has 0 spiro atoms. The largest absolute Gasteiger partial charge is 0.353 e. The molecule has 90 valence electrons. The van der Waals surface area contributed by atoms with Crippen LogP contribution in [0.4, 0.5) is 0 Å². The number of amides is 1. The van der Waals surface area contributed by atoms with Crippen LogP contribution in [0.5, 0.6) is 0 Å². The third kappa shape index (κ3) is 3.94. The maximum Gasteiger partial charge on any atom is 0.237 e. The molecule has 1 aromatic rings. The molecule has 1 heterocycles. The molecule has 3 nitrogen and oxygen atoms in total. The van der Waals surface area contributed by atoms with E-state index in [2.05, 4.69) is 23.6 Å². The van der Waals surface area contributed by atoms with Crippen LogP contribution in [-0.2, 0) is 4.79 Å². The first kappa shape index (κ1) is 13.2. The minimum atomic E-state index is -0.167. The Balaban J connectivity index is 2.45. The molecular formula is C12H20N2OS. The first-order valence-electron chi connectivity index (χ1n) is 5.60. The summed E-state index contributed by atoms with van der Waals surface area (Å²) in [4.78, 5) is 12.9. The number of carbonyl (C=O) groups is 1. The van der Waals surface area contributed by atoms with Crippen molar-refractivity contribution in [2.75, 3.05) is 0 Å². The summed E-state index contributed by atoms with van der Waals surface area (Å²) in [5.41, 5.74) is 0. The van der Waals surface area contributed by atoms with Crippen LogP contribution in [0.3, 0.4) is 0 Å². The van der Waals surface area contributed by atoms with Gasteiger partial charge in [0.25, 0.3) is 0 Å². The third-order valence-electron chi connectivity index (χ3n) is 2.29. The Bertz CT molecular complexity index is 322. The Kier molecular flexibility index (Phi) is 4.96. The van der Waals surface area contributed by atoms with Gasteiger partial charge in [-0.3, -0.25) is 10.1 Å². The molecule has 0 fully saturated rings. The molecular weight excluding hydrogens is 220 g/mol. The maximum absolute atomic E-state index is 11.7. The van der Waals surface area contributed by atoms with E-state index in [1.165, 1.54) is 4.88 Å². The lowest BCUT2D eigenvalue weighted by Gasteiger charge is -2.19. The highest BCUT2D eigenvalue weighted by atomic mass is 32.1. The third-order valence-corrected chi connectivity index (χ3v) is 3.35. The van der Waals surface area contributed by atoms with E-state index in [-0.39, 0.29) is 24.0 Å². The average Bonchev–Trinajstić information content (AvgIpc) is 2.68. The predicted octanol–water partition coefficient (Wildman–Crippen LogP) is 2.31. The molecule has 0 aliphatic rings. The van der Waals surface area contributed by atoms with Crippen LogP contribution in [0.1, 0.15) is 38.6 Å². The SMILES string of the molecule is CC(C)NC(=O)C(C)NC(C)c1cccs1. The number of hydrogen-bond acceptors (Lipinski definition) is 3. The highest BCUT2D eigenvalue weighted by Crippen LogP contribution is 2.18. The number of nitrogens with one attached hydrogen (secondary N) is 2. The Morgan fingerprint density at radius 1 is 1.31 bits per heavy atom. The fourth-order valence-corrected chi connectivity index (χ4v) is 2.22. The van der Waals surface area contributed by atoms with Crippen molar-refractivity contribution >= 4 is 17.2 Å². The lowest BCUT2D eigenvalue weighted by Crippen LogP contribution is -2.45. The molecule has 0 aliphatic carbocycles. The van der Waals surface area contributed by atoms with Crippen molar-refractivity contribution in [1.29, 1.82) is 0 Å². The topological polar surface area (TPSA) is 41.1 Å². The molecule has 0 bridgehead atoms. The summed E-state index contributed by atoms with van der Waals surface area (Å²) in [7, 11) is 0. The van der Waals surface area contributed by atoms with Crippen molar-refractivity contribution in [2.24, 2.45) is 0 Å². The number of hydrogen-bond donors (Lipinski definition) is 2. The van der Waals surface area contributed by atoms with Crippen molar-refractivity contribution in [2.45, 2.75) is 45.8 Å². The van der Waals surface area contributed by atoms with Crippen molar-refractivity contribution < 1.29 is 4.79 Å². The van der Waals surface area contributed by atoms with Crippen molar-refractivity contribution in [3.8, 4) is 0 Å². The van der Waals surface area contributed by atoms with Gasteiger partial charge in [-0.05, 0) is 39.1 Å². The second kappa shape index (κ2) is 6.01. The summed E-state index contributed by atoms with van der Waals surface area (Å²) in [6.07, 6.45) is 0. The molecule has 0 radical (unpaired) electrons. The van der Waals surface area contributed by atoms with Gasteiger partial charge >= 0.3 is 0 Å². The van der Waals surface area contributed by atoms with Crippen molar-refractivity contribution in [3.05, 3.63) is 22.4 Å². The number of carbonyl (C=O) groups excluding carboxylic acids is 1. The smallest absolute Gasteiger partial charge is 0.237 e. The van der Waals surface area contributed by atoms with Crippen molar-refractivity contribution in [1.82, 2.24) is 10.6 Å². The predicted molar refractivity (Wildman–Crippen MR) is 68.6 cm³/mol. The summed E-state index contributed by atoms with van der Waals surface area (Å²) in [5, 5.41) is 8.23. The minimum Gasteiger partial charge on any atom is -0.353 e. The normalized spacial score (nSPS) is 14.8. The van der Waals surface area contributed by atoms with Crippen LogP contribution < -0.4 is 10.6 Å². The summed E-state index contributed by atoms with van der Waals surface area (Å²) < 4.78 is 0. The van der Waals surface area contributed by atoms with E-state index in [1.54, 1.807) is 11.3 Å². The molecule has 4 heteroatoms. The van der Waals surface area contributed by atoms with E-state index >= 15 is 0 Å². The van der Waals surface area contributed by atoms with Crippen LogP contribution in [0.2, 0.25) is 0 Å². The molecule has 1 amide bonds. The number of rotatable bonds is 5. The molecule has 2 N–H and O–H groups in total. The van der Waals surface area contributed by atoms with Crippen LogP contribution >= 0.6 is 11.3 Å². The second-order valence-electron chi connectivity index (χ2n) is 4.29. The molecule has 2 unspecified atom stereocenters. The maximum atomic E-state index is 11.7. The number of thiophene rings is 1. The quantitative estimate of drug-likeness (QED) is 0.829. The average molecular weight is 240 g/mol. The van der Waals surface area contributed by atoms with Gasteiger partial charge in [0.15, 0.2) is 0 Å². The fourth-order valence-electron chi connectivity index (χ4n) is 1.48. The zero-order valence-electron chi connectivity index (χ0n) is 10.3. The summed E-state index contributed by atoms with van der Waals surface area (Å²) >= 11 is 1.70. The van der Waals surface area contributed by atoms with Gasteiger partial charge in [0, 0.05) is 17.0 Å². The monoisotopic (exact) mass is 240 g/mol. The molecule has 0 aromatic carbocycles. The van der Waals surface area contributed by atoms with E-state index in [1.807, 2.05) is 32.2 Å². The molecule has 0 saturated carbocycles. The van der Waals surface area contributed by atoms with Gasteiger partial charge in [-0.1, -0.05) is 6.07 Å². The van der Waals surface area contributed by atoms with Crippen molar-refractivity contribution in [3.63, 3.8) is 0 Å². The molecule has 1 rings (SSSR count). The van der Waals surface area contributed by atoms with E-state index in [0.717, 1.165) is 0 Å². The lowest BCUT2D eigenvalue weighted by molar-refractivity contribution is -0.123. The Labute approximate surface area is 101 Å². The molecule has 0 aliphatic heterocycles. The fraction of sp³-hybridized carbons (Fsp3) is 0.583. The standard InChI is InChI=1S/C12H20N2OS/c1-8(2)13-12(15)10(4)14-9(3)11-6-5-7-16-11/h5-10,14H,1-4H3,(H,13,15). The molecule has 2 atom stereocenters. The van der Waals surface area contributed by atoms with Gasteiger partial charge in [-0.15, -0.1) is 11.3 Å². The molecule has 16 heavy (non-hydrogen) atoms. The van der Waals surface area contributed by atoms with Gasteiger partial charge in [0.1, 0.15) is 0 Å². The van der Waals surface area contributed by atoms with Gasteiger partial charge in [-0.2, -0.15) is 0 Å². The molecule has 0 saturated heterocycles. The summed E-state index contributed by atoms with van der Waals surface area (Å²) in [6.45, 7) is 7.90. The van der Waals surface area contributed by atoms with Crippen LogP contribution in [0.15, 0.2) is 17.5 Å². The van der Waals surface area contributed by atoms with Gasteiger partial charge < -0.3 is 5.32 Å². The zero-order chi connectivity index (χ0) is 12.1. The van der Waals surface area contributed by atoms with Gasteiger partial charge in [-0.25, -0.2) is 0 Å². The van der Waals surface area contributed by atoms with E-state index in [0.29, 0.717) is 0 Å². The molecule has 1 aromatic heterocycles. The minimum absolute atomic E-state index is 0.0541. The Morgan fingerprint density at radius 2 is 2.00 bits per heavy atom. The van der Waals surface area contributed by atoms with Crippen LogP contribution in [-0.4, -0.2) is 18.0 Å². The Morgan fingerprint density at radius 3 is 2.50 bits per heavy atom. The first-order chi connectivity index (χ1) is 7.50. The summed E-state index contributed by atoms with van der Waals surface area (Å²) in [5.74, 6) is 0.0541. The zero-order valence-corrected chi connectivity index (χ0v) is 11.1. The first-order valence-corrected chi connectivity index (χ1v) is 6.48. The highest BCUT2D eigenvalue weighted by molar-refractivity contribution is 7.10. The highest BCUT2D eigenvalue weighted by Gasteiger charge is 2.16. The van der Waals surface area contributed by atoms with Crippen LogP contribution in [0, 0.1) is 0 Å². The lowest BCUT2D eigenvalue weighted by atomic mass is 10.2. The van der Waals surface area contributed by atoms with E-state index in [4.69, 9.17) is 0 Å². The second-order valence-corrected chi connectivity index (χ2v) is 5.27. The Hall–Kier alpha value is -0.870. The van der Waals surface area contributed by atoms with E-state index in [9.17, 15) is 4.79 Å². The van der Waals surface area contributed by atoms with Gasteiger partial charge in [0.05, 0.1) is 6.04 Å². The summed E-state index contributed by atoms with van der Waals surface area (Å²) in [6, 6.07) is 4.34. The van der Waals surface area contributed by atoms with Gasteiger partial charge in [0.2, 0.25) is 5.91 Å².